The average Bonchev–Trinajstić information content (AvgIpc) is 2.73. The molecule has 0 spiro atoms. The van der Waals surface area contributed by atoms with Gasteiger partial charge in [0.15, 0.2) is 0 Å². The van der Waals surface area contributed by atoms with Crippen LogP contribution in [0.25, 0.3) is 21.9 Å². The number of hydrogen-bond donors (Lipinski definition) is 0. The van der Waals surface area contributed by atoms with Gasteiger partial charge in [-0.15, -0.1) is 0 Å². The Morgan fingerprint density at radius 2 is 1.37 bits per heavy atom. The Morgan fingerprint density at radius 3 is 2.22 bits per heavy atom. The molecule has 0 aliphatic carbocycles. The zero-order valence-electron chi connectivity index (χ0n) is 16.8. The molecule has 0 amide bonds. The molecule has 3 aromatic carbocycles. The van der Waals surface area contributed by atoms with Gasteiger partial charge in [0.05, 0.1) is 6.10 Å². The summed E-state index contributed by atoms with van der Waals surface area (Å²) in [7, 11) is 1.85. The number of hydrogen-bond acceptors (Lipinski definition) is 1. The van der Waals surface area contributed by atoms with Crippen LogP contribution in [0.3, 0.4) is 0 Å². The van der Waals surface area contributed by atoms with Crippen LogP contribution in [0.1, 0.15) is 63.5 Å². The summed E-state index contributed by atoms with van der Waals surface area (Å²) < 4.78 is 5.94. The van der Waals surface area contributed by atoms with Crippen molar-refractivity contribution in [3.63, 3.8) is 0 Å². The van der Waals surface area contributed by atoms with Crippen LogP contribution in [-0.4, -0.2) is 7.11 Å². The molecule has 0 saturated carbocycles. The summed E-state index contributed by atoms with van der Waals surface area (Å²) in [5, 5.41) is 2.59. The fraction of sp³-hybridized carbons (Fsp3) is 0.385. The monoisotopic (exact) mass is 360 g/mol. The predicted octanol–water partition coefficient (Wildman–Crippen LogP) is 7.94. The Hall–Kier alpha value is -2.12. The van der Waals surface area contributed by atoms with E-state index >= 15 is 0 Å². The van der Waals surface area contributed by atoms with Gasteiger partial charge in [0, 0.05) is 7.11 Å². The summed E-state index contributed by atoms with van der Waals surface area (Å²) in [5.41, 5.74) is 3.91. The summed E-state index contributed by atoms with van der Waals surface area (Å²) in [6.07, 6.45) is 9.14. The molecule has 0 bridgehead atoms. The van der Waals surface area contributed by atoms with E-state index in [1.807, 2.05) is 7.11 Å². The molecular weight excluding hydrogens is 328 g/mol. The minimum atomic E-state index is 0.159. The average molecular weight is 361 g/mol. The number of fused-ring (bicyclic) bond motifs is 1. The maximum atomic E-state index is 5.94. The highest BCUT2D eigenvalue weighted by atomic mass is 16.5. The van der Waals surface area contributed by atoms with Crippen molar-refractivity contribution in [1.29, 1.82) is 0 Å². The highest BCUT2D eigenvalue weighted by molar-refractivity contribution is 5.97. The fourth-order valence-corrected chi connectivity index (χ4v) is 3.99. The van der Waals surface area contributed by atoms with Crippen molar-refractivity contribution >= 4 is 10.8 Å². The van der Waals surface area contributed by atoms with E-state index in [4.69, 9.17) is 4.74 Å². The molecule has 0 aliphatic rings. The van der Waals surface area contributed by atoms with Crippen molar-refractivity contribution < 1.29 is 4.74 Å². The molecule has 3 rings (SSSR count). The van der Waals surface area contributed by atoms with Gasteiger partial charge in [-0.05, 0) is 33.9 Å². The van der Waals surface area contributed by atoms with Crippen molar-refractivity contribution in [2.24, 2.45) is 0 Å². The lowest BCUT2D eigenvalue weighted by atomic mass is 9.91. The van der Waals surface area contributed by atoms with Gasteiger partial charge < -0.3 is 4.74 Å². The van der Waals surface area contributed by atoms with Crippen LogP contribution in [0.15, 0.2) is 66.7 Å². The Morgan fingerprint density at radius 1 is 0.704 bits per heavy atom. The zero-order valence-corrected chi connectivity index (χ0v) is 16.8. The Bertz CT molecular complexity index is 831. The van der Waals surface area contributed by atoms with Crippen LogP contribution >= 0.6 is 0 Å². The summed E-state index contributed by atoms with van der Waals surface area (Å²) in [5.74, 6) is 0. The lowest BCUT2D eigenvalue weighted by molar-refractivity contribution is 0.0935. The van der Waals surface area contributed by atoms with Gasteiger partial charge in [0.1, 0.15) is 0 Å². The van der Waals surface area contributed by atoms with Crippen LogP contribution in [-0.2, 0) is 4.74 Å². The Balaban J connectivity index is 1.82. The standard InChI is InChI=1S/C26H32O/c1-3-4-5-6-7-8-20-26(27-2)25-18-12-11-17-24(25)23-19-13-15-21-14-9-10-16-22(21)23/h9-19,26H,3-8,20H2,1-2H3. The topological polar surface area (TPSA) is 9.23 Å². The SMILES string of the molecule is CCCCCCCCC(OC)c1ccccc1-c1cccc2ccccc12. The zero-order chi connectivity index (χ0) is 18.9. The summed E-state index contributed by atoms with van der Waals surface area (Å²) in [6.45, 7) is 2.27. The smallest absolute Gasteiger partial charge is 0.0827 e. The highest BCUT2D eigenvalue weighted by Gasteiger charge is 2.16. The molecule has 1 heteroatoms. The summed E-state index contributed by atoms with van der Waals surface area (Å²) in [4.78, 5) is 0. The van der Waals surface area contributed by atoms with Crippen LogP contribution in [0.2, 0.25) is 0 Å². The van der Waals surface area contributed by atoms with Gasteiger partial charge >= 0.3 is 0 Å². The molecule has 0 heterocycles. The molecule has 27 heavy (non-hydrogen) atoms. The number of ether oxygens (including phenoxy) is 1. The maximum absolute atomic E-state index is 5.94. The molecule has 0 saturated heterocycles. The normalized spacial score (nSPS) is 12.4. The van der Waals surface area contributed by atoms with E-state index in [2.05, 4.69) is 73.7 Å². The molecule has 1 atom stereocenters. The van der Waals surface area contributed by atoms with E-state index in [0.29, 0.717) is 0 Å². The van der Waals surface area contributed by atoms with Gasteiger partial charge in [-0.3, -0.25) is 0 Å². The molecule has 142 valence electrons. The van der Waals surface area contributed by atoms with E-state index in [1.165, 1.54) is 66.0 Å². The molecule has 0 fully saturated rings. The van der Waals surface area contributed by atoms with E-state index in [-0.39, 0.29) is 6.10 Å². The van der Waals surface area contributed by atoms with Crippen LogP contribution in [0.4, 0.5) is 0 Å². The highest BCUT2D eigenvalue weighted by Crippen LogP contribution is 2.36. The maximum Gasteiger partial charge on any atom is 0.0827 e. The number of unbranched alkanes of at least 4 members (excludes halogenated alkanes) is 5. The second-order valence-corrected chi connectivity index (χ2v) is 7.39. The molecule has 0 aliphatic heterocycles. The van der Waals surface area contributed by atoms with Crippen LogP contribution in [0.5, 0.6) is 0 Å². The lowest BCUT2D eigenvalue weighted by Gasteiger charge is -2.20. The van der Waals surface area contributed by atoms with Gasteiger partial charge in [-0.2, -0.15) is 0 Å². The second-order valence-electron chi connectivity index (χ2n) is 7.39. The first-order chi connectivity index (χ1) is 13.3. The summed E-state index contributed by atoms with van der Waals surface area (Å²) >= 11 is 0. The molecule has 0 radical (unpaired) electrons. The Kier molecular flexibility index (Phi) is 7.47. The first kappa shape index (κ1) is 19.6. The first-order valence-corrected chi connectivity index (χ1v) is 10.4. The van der Waals surface area contributed by atoms with Crippen LogP contribution < -0.4 is 0 Å². The fourth-order valence-electron chi connectivity index (χ4n) is 3.99. The van der Waals surface area contributed by atoms with Crippen molar-refractivity contribution in [2.45, 2.75) is 58.0 Å². The largest absolute Gasteiger partial charge is 0.377 e. The number of methoxy groups -OCH3 is 1. The quantitative estimate of drug-likeness (QED) is 0.333. The van der Waals surface area contributed by atoms with E-state index in [9.17, 15) is 0 Å². The Labute approximate surface area is 164 Å². The van der Waals surface area contributed by atoms with Gasteiger partial charge in [0.25, 0.3) is 0 Å². The molecule has 0 aromatic heterocycles. The van der Waals surface area contributed by atoms with E-state index in [0.717, 1.165) is 6.42 Å². The third kappa shape index (κ3) is 4.99. The molecule has 1 unspecified atom stereocenters. The van der Waals surface area contributed by atoms with Gasteiger partial charge in [0.2, 0.25) is 0 Å². The number of benzene rings is 3. The molecule has 1 nitrogen and oxygen atoms in total. The van der Waals surface area contributed by atoms with Gasteiger partial charge in [-0.1, -0.05) is 112 Å². The third-order valence-electron chi connectivity index (χ3n) is 5.49. The minimum Gasteiger partial charge on any atom is -0.377 e. The van der Waals surface area contributed by atoms with Crippen molar-refractivity contribution in [3.8, 4) is 11.1 Å². The van der Waals surface area contributed by atoms with Crippen molar-refractivity contribution in [3.05, 3.63) is 72.3 Å². The predicted molar refractivity (Wildman–Crippen MR) is 117 cm³/mol. The van der Waals surface area contributed by atoms with Gasteiger partial charge in [-0.25, -0.2) is 0 Å². The van der Waals surface area contributed by atoms with E-state index < -0.39 is 0 Å². The van der Waals surface area contributed by atoms with Crippen LogP contribution in [0, 0.1) is 0 Å². The first-order valence-electron chi connectivity index (χ1n) is 10.4. The number of rotatable bonds is 10. The molecule has 3 aromatic rings. The van der Waals surface area contributed by atoms with Crippen molar-refractivity contribution in [2.75, 3.05) is 7.11 Å². The van der Waals surface area contributed by atoms with Crippen molar-refractivity contribution in [1.82, 2.24) is 0 Å². The minimum absolute atomic E-state index is 0.159. The van der Waals surface area contributed by atoms with E-state index in [1.54, 1.807) is 0 Å². The summed E-state index contributed by atoms with van der Waals surface area (Å²) in [6, 6.07) is 24.0. The molecular formula is C26H32O. The molecule has 0 N–H and O–H groups in total. The lowest BCUT2D eigenvalue weighted by Crippen LogP contribution is -2.04. The second kappa shape index (κ2) is 10.3. The third-order valence-corrected chi connectivity index (χ3v) is 5.49.